The van der Waals surface area contributed by atoms with Crippen LogP contribution in [0.15, 0.2) is 36.4 Å². The van der Waals surface area contributed by atoms with E-state index < -0.39 is 52.5 Å². The molecule has 1 aliphatic rings. The number of hydrogen-bond acceptors (Lipinski definition) is 3. The number of amides is 2. The van der Waals surface area contributed by atoms with Gasteiger partial charge in [-0.05, 0) is 55.7 Å². The third-order valence-electron chi connectivity index (χ3n) is 5.09. The molecule has 3 N–H and O–H groups in total. The smallest absolute Gasteiger partial charge is 0.416 e. The first-order valence-electron chi connectivity index (χ1n) is 9.36. The summed E-state index contributed by atoms with van der Waals surface area (Å²) >= 11 is 6.10. The number of carbonyl (C=O) groups is 3. The lowest BCUT2D eigenvalue weighted by Crippen LogP contribution is -2.49. The van der Waals surface area contributed by atoms with Gasteiger partial charge in [-0.15, -0.1) is 0 Å². The molecule has 0 spiro atoms. The number of carboxylic acid groups (broad SMARTS) is 1. The number of rotatable bonds is 6. The number of nitrogens with one attached hydrogen (secondary N) is 2. The molecule has 1 atom stereocenters. The van der Waals surface area contributed by atoms with Crippen molar-refractivity contribution >= 4 is 29.4 Å². The van der Waals surface area contributed by atoms with Gasteiger partial charge in [-0.1, -0.05) is 17.7 Å². The topological polar surface area (TPSA) is 95.5 Å². The summed E-state index contributed by atoms with van der Waals surface area (Å²) in [5, 5.41) is 14.2. The van der Waals surface area contributed by atoms with Gasteiger partial charge in [0.25, 0.3) is 5.91 Å². The van der Waals surface area contributed by atoms with E-state index in [9.17, 15) is 31.9 Å². The average molecular weight is 473 g/mol. The summed E-state index contributed by atoms with van der Waals surface area (Å²) < 4.78 is 52.3. The number of halogens is 5. The van der Waals surface area contributed by atoms with Gasteiger partial charge in [0.1, 0.15) is 11.4 Å². The van der Waals surface area contributed by atoms with Crippen molar-refractivity contribution in [2.75, 3.05) is 0 Å². The largest absolute Gasteiger partial charge is 0.478 e. The van der Waals surface area contributed by atoms with E-state index in [0.717, 1.165) is 0 Å². The van der Waals surface area contributed by atoms with Crippen molar-refractivity contribution in [3.63, 3.8) is 0 Å². The molecule has 0 radical (unpaired) electrons. The van der Waals surface area contributed by atoms with E-state index in [1.54, 1.807) is 6.92 Å². The Hall–Kier alpha value is -3.14. The second kappa shape index (κ2) is 8.42. The molecule has 1 aliphatic carbocycles. The first-order chi connectivity index (χ1) is 14.8. The second-order valence-corrected chi connectivity index (χ2v) is 7.91. The lowest BCUT2D eigenvalue weighted by Gasteiger charge is -2.22. The summed E-state index contributed by atoms with van der Waals surface area (Å²) in [7, 11) is 0. The standard InChI is InChI=1S/C21H17ClF4N2O4/c1-10(15-3-2-11(18(30)31)8-16(15)22)27-19(32)20(4-5-20)28-17(29)12-6-13(21(24,25)26)9-14(23)7-12/h2-3,6-10H,4-5H2,1H3,(H,27,32)(H,28,29)(H,30,31). The molecule has 2 aromatic carbocycles. The first-order valence-corrected chi connectivity index (χ1v) is 9.74. The Labute approximate surface area is 184 Å². The molecule has 1 saturated carbocycles. The molecular formula is C21H17ClF4N2O4. The summed E-state index contributed by atoms with van der Waals surface area (Å²) in [5.41, 5.74) is -2.81. The van der Waals surface area contributed by atoms with Crippen LogP contribution >= 0.6 is 11.6 Å². The van der Waals surface area contributed by atoms with Crippen LogP contribution in [0.4, 0.5) is 17.6 Å². The molecule has 1 unspecified atom stereocenters. The Morgan fingerprint density at radius 2 is 1.75 bits per heavy atom. The van der Waals surface area contributed by atoms with Gasteiger partial charge in [0.15, 0.2) is 0 Å². The van der Waals surface area contributed by atoms with Crippen molar-refractivity contribution < 1.29 is 37.1 Å². The summed E-state index contributed by atoms with van der Waals surface area (Å²) in [5.74, 6) is -4.00. The Morgan fingerprint density at radius 1 is 1.09 bits per heavy atom. The predicted octanol–water partition coefficient (Wildman–Crippen LogP) is 4.34. The molecule has 1 fully saturated rings. The van der Waals surface area contributed by atoms with E-state index in [1.807, 2.05) is 0 Å². The van der Waals surface area contributed by atoms with Gasteiger partial charge in [-0.3, -0.25) is 9.59 Å². The predicted molar refractivity (Wildman–Crippen MR) is 106 cm³/mol. The average Bonchev–Trinajstić information content (AvgIpc) is 3.47. The zero-order valence-electron chi connectivity index (χ0n) is 16.5. The van der Waals surface area contributed by atoms with Crippen molar-refractivity contribution in [1.82, 2.24) is 10.6 Å². The molecule has 2 aromatic rings. The van der Waals surface area contributed by atoms with Crippen molar-refractivity contribution in [3.05, 3.63) is 69.5 Å². The van der Waals surface area contributed by atoms with E-state index in [4.69, 9.17) is 16.7 Å². The van der Waals surface area contributed by atoms with Crippen molar-refractivity contribution in [2.24, 2.45) is 0 Å². The zero-order chi connectivity index (χ0) is 23.8. The monoisotopic (exact) mass is 472 g/mol. The molecule has 32 heavy (non-hydrogen) atoms. The molecule has 170 valence electrons. The van der Waals surface area contributed by atoms with Crippen LogP contribution in [-0.2, 0) is 11.0 Å². The van der Waals surface area contributed by atoms with Crippen molar-refractivity contribution in [3.8, 4) is 0 Å². The molecule has 0 aromatic heterocycles. The molecule has 6 nitrogen and oxygen atoms in total. The number of carboxylic acids is 1. The van der Waals surface area contributed by atoms with Crippen LogP contribution in [0.25, 0.3) is 0 Å². The van der Waals surface area contributed by atoms with Crippen LogP contribution in [0, 0.1) is 5.82 Å². The van der Waals surface area contributed by atoms with Crippen LogP contribution in [0.1, 0.15) is 57.7 Å². The SMILES string of the molecule is CC(NC(=O)C1(NC(=O)c2cc(F)cc(C(F)(F)F)c2)CC1)c1ccc(C(=O)O)cc1Cl. The second-order valence-electron chi connectivity index (χ2n) is 7.50. The fourth-order valence-corrected chi connectivity index (χ4v) is 3.48. The van der Waals surface area contributed by atoms with Crippen LogP contribution in [0.2, 0.25) is 5.02 Å². The fraction of sp³-hybridized carbons (Fsp3) is 0.286. The fourth-order valence-electron chi connectivity index (χ4n) is 3.13. The highest BCUT2D eigenvalue weighted by Crippen LogP contribution is 2.37. The highest BCUT2D eigenvalue weighted by atomic mass is 35.5. The van der Waals surface area contributed by atoms with Gasteiger partial charge in [0.05, 0.1) is 17.2 Å². The van der Waals surface area contributed by atoms with Gasteiger partial charge in [-0.2, -0.15) is 13.2 Å². The molecule has 0 bridgehead atoms. The summed E-state index contributed by atoms with van der Waals surface area (Å²) in [6.45, 7) is 1.60. The van der Waals surface area contributed by atoms with Gasteiger partial charge in [-0.25, -0.2) is 9.18 Å². The van der Waals surface area contributed by atoms with Crippen LogP contribution < -0.4 is 10.6 Å². The third kappa shape index (κ3) is 5.01. The van der Waals surface area contributed by atoms with E-state index in [2.05, 4.69) is 10.6 Å². The number of benzene rings is 2. The Balaban J connectivity index is 1.73. The maximum absolute atomic E-state index is 13.6. The van der Waals surface area contributed by atoms with Gasteiger partial charge >= 0.3 is 12.1 Å². The normalized spacial score (nSPS) is 15.6. The van der Waals surface area contributed by atoms with Crippen LogP contribution in [0.5, 0.6) is 0 Å². The number of aromatic carboxylic acids is 1. The van der Waals surface area contributed by atoms with E-state index >= 15 is 0 Å². The quantitative estimate of drug-likeness (QED) is 0.545. The highest BCUT2D eigenvalue weighted by Gasteiger charge is 2.51. The summed E-state index contributed by atoms with van der Waals surface area (Å²) in [4.78, 5) is 36.2. The molecule has 3 rings (SSSR count). The minimum atomic E-state index is -4.84. The molecule has 11 heteroatoms. The number of carbonyl (C=O) groups excluding carboxylic acids is 2. The van der Waals surface area contributed by atoms with Gasteiger partial charge in [0, 0.05) is 10.6 Å². The van der Waals surface area contributed by atoms with Crippen LogP contribution in [0.3, 0.4) is 0 Å². The Kier molecular flexibility index (Phi) is 6.19. The van der Waals surface area contributed by atoms with Crippen molar-refractivity contribution in [1.29, 1.82) is 0 Å². The molecule has 0 saturated heterocycles. The molecule has 0 aliphatic heterocycles. The minimum Gasteiger partial charge on any atom is -0.478 e. The summed E-state index contributed by atoms with van der Waals surface area (Å²) in [6, 6.07) is 4.79. The first kappa shape index (κ1) is 23.5. The zero-order valence-corrected chi connectivity index (χ0v) is 17.3. The lowest BCUT2D eigenvalue weighted by atomic mass is 10.0. The van der Waals surface area contributed by atoms with E-state index in [-0.39, 0.29) is 29.5 Å². The van der Waals surface area contributed by atoms with E-state index in [0.29, 0.717) is 17.7 Å². The Morgan fingerprint density at radius 3 is 2.28 bits per heavy atom. The molecular weight excluding hydrogens is 456 g/mol. The minimum absolute atomic E-state index is 0.0310. The van der Waals surface area contributed by atoms with Crippen molar-refractivity contribution in [2.45, 2.75) is 37.5 Å². The maximum Gasteiger partial charge on any atom is 0.416 e. The van der Waals surface area contributed by atoms with Gasteiger partial charge in [0.2, 0.25) is 5.91 Å². The highest BCUT2D eigenvalue weighted by molar-refractivity contribution is 6.31. The lowest BCUT2D eigenvalue weighted by molar-refractivity contribution is -0.137. The van der Waals surface area contributed by atoms with E-state index in [1.165, 1.54) is 18.2 Å². The summed E-state index contributed by atoms with van der Waals surface area (Å²) in [6.07, 6.45) is -4.36. The molecule has 2 amide bonds. The van der Waals surface area contributed by atoms with Gasteiger partial charge < -0.3 is 15.7 Å². The number of hydrogen-bond donors (Lipinski definition) is 3. The Bertz CT molecular complexity index is 1100. The number of alkyl halides is 3. The molecule has 0 heterocycles. The third-order valence-corrected chi connectivity index (χ3v) is 5.41. The maximum atomic E-state index is 13.6. The van der Waals surface area contributed by atoms with Crippen LogP contribution in [-0.4, -0.2) is 28.4 Å².